The van der Waals surface area contributed by atoms with Crippen LogP contribution in [0.15, 0.2) is 24.3 Å². The quantitative estimate of drug-likeness (QED) is 0.845. The number of fused-ring (bicyclic) bond motifs is 1. The van der Waals surface area contributed by atoms with Gasteiger partial charge in [0, 0.05) is 45.6 Å². The molecule has 0 bridgehead atoms. The Morgan fingerprint density at radius 1 is 1.22 bits per heavy atom. The summed E-state index contributed by atoms with van der Waals surface area (Å²) in [7, 11) is 0. The summed E-state index contributed by atoms with van der Waals surface area (Å²) >= 11 is 1.70. The molecule has 3 rings (SSSR count). The maximum absolute atomic E-state index is 12.4. The Kier molecular flexibility index (Phi) is 5.28. The molecule has 2 aromatic rings. The Balaban J connectivity index is 1.48. The molecule has 0 unspecified atom stereocenters. The Hall–Kier alpha value is -1.46. The fourth-order valence-electron chi connectivity index (χ4n) is 3.10. The molecule has 1 aliphatic heterocycles. The van der Waals surface area contributed by atoms with E-state index < -0.39 is 0 Å². The van der Waals surface area contributed by atoms with Crippen LogP contribution in [0.2, 0.25) is 0 Å². The molecule has 1 aromatic carbocycles. The summed E-state index contributed by atoms with van der Waals surface area (Å²) in [5, 5.41) is 1.07. The normalized spacial score (nSPS) is 16.4. The van der Waals surface area contributed by atoms with Gasteiger partial charge in [-0.1, -0.05) is 26.0 Å². The molecule has 0 saturated carbocycles. The number of benzene rings is 1. The largest absolute Gasteiger partial charge is 0.340 e. The summed E-state index contributed by atoms with van der Waals surface area (Å²) < 4.78 is 1.21. The highest BCUT2D eigenvalue weighted by Gasteiger charge is 2.21. The van der Waals surface area contributed by atoms with E-state index in [0.29, 0.717) is 12.3 Å². The van der Waals surface area contributed by atoms with Crippen molar-refractivity contribution in [3.05, 3.63) is 29.3 Å². The van der Waals surface area contributed by atoms with Crippen LogP contribution < -0.4 is 0 Å². The Morgan fingerprint density at radius 3 is 2.65 bits per heavy atom. The SMILES string of the molecule is CC(C)CN1CCN(C(=O)CCc2nc3ccccc3s2)CC1. The van der Waals surface area contributed by atoms with Crippen molar-refractivity contribution < 1.29 is 4.79 Å². The van der Waals surface area contributed by atoms with Crippen molar-refractivity contribution in [2.75, 3.05) is 32.7 Å². The second kappa shape index (κ2) is 7.41. The van der Waals surface area contributed by atoms with E-state index in [0.717, 1.165) is 49.7 Å². The molecule has 0 atom stereocenters. The monoisotopic (exact) mass is 331 g/mol. The Morgan fingerprint density at radius 2 is 1.96 bits per heavy atom. The van der Waals surface area contributed by atoms with Crippen molar-refractivity contribution in [3.8, 4) is 0 Å². The van der Waals surface area contributed by atoms with Crippen LogP contribution >= 0.6 is 11.3 Å². The Labute approximate surface area is 142 Å². The van der Waals surface area contributed by atoms with Crippen LogP contribution in [-0.2, 0) is 11.2 Å². The van der Waals surface area contributed by atoms with Gasteiger partial charge in [-0.3, -0.25) is 9.69 Å². The number of rotatable bonds is 5. The lowest BCUT2D eigenvalue weighted by molar-refractivity contribution is -0.132. The molecular formula is C18H25N3OS. The van der Waals surface area contributed by atoms with Gasteiger partial charge in [0.1, 0.15) is 0 Å². The highest BCUT2D eigenvalue weighted by molar-refractivity contribution is 7.18. The lowest BCUT2D eigenvalue weighted by Crippen LogP contribution is -2.49. The first kappa shape index (κ1) is 16.4. The van der Waals surface area contributed by atoms with E-state index in [4.69, 9.17) is 0 Å². The molecule has 4 nitrogen and oxygen atoms in total. The van der Waals surface area contributed by atoms with Gasteiger partial charge in [-0.25, -0.2) is 4.98 Å². The third-order valence-corrected chi connectivity index (χ3v) is 5.34. The zero-order valence-electron chi connectivity index (χ0n) is 14.0. The van der Waals surface area contributed by atoms with Gasteiger partial charge in [-0.15, -0.1) is 11.3 Å². The number of thiazole rings is 1. The summed E-state index contributed by atoms with van der Waals surface area (Å²) in [6.45, 7) is 9.37. The summed E-state index contributed by atoms with van der Waals surface area (Å²) in [5.41, 5.74) is 1.04. The van der Waals surface area contributed by atoms with Gasteiger partial charge >= 0.3 is 0 Å². The van der Waals surface area contributed by atoms with Gasteiger partial charge in [0.15, 0.2) is 0 Å². The van der Waals surface area contributed by atoms with Gasteiger partial charge in [0.25, 0.3) is 0 Å². The number of piperazine rings is 1. The fraction of sp³-hybridized carbons (Fsp3) is 0.556. The van der Waals surface area contributed by atoms with E-state index in [1.807, 2.05) is 23.1 Å². The van der Waals surface area contributed by atoms with Crippen molar-refractivity contribution >= 4 is 27.5 Å². The van der Waals surface area contributed by atoms with Crippen LogP contribution in [0.3, 0.4) is 0 Å². The zero-order chi connectivity index (χ0) is 16.2. The first-order valence-corrected chi connectivity index (χ1v) is 9.28. The molecule has 0 spiro atoms. The summed E-state index contributed by atoms with van der Waals surface area (Å²) in [5.74, 6) is 0.963. The predicted molar refractivity (Wildman–Crippen MR) is 95.8 cm³/mol. The van der Waals surface area contributed by atoms with Gasteiger partial charge in [-0.2, -0.15) is 0 Å². The number of carbonyl (C=O) groups is 1. The standard InChI is InChI=1S/C18H25N3OS/c1-14(2)13-20-9-11-21(12-10-20)18(22)8-7-17-19-15-5-3-4-6-16(15)23-17/h3-6,14H,7-13H2,1-2H3. The number of nitrogens with zero attached hydrogens (tertiary/aromatic N) is 3. The maximum atomic E-state index is 12.4. The highest BCUT2D eigenvalue weighted by Crippen LogP contribution is 2.22. The molecule has 1 fully saturated rings. The predicted octanol–water partition coefficient (Wildman–Crippen LogP) is 3.03. The van der Waals surface area contributed by atoms with E-state index in [9.17, 15) is 4.79 Å². The van der Waals surface area contributed by atoms with Crippen molar-refractivity contribution in [1.29, 1.82) is 0 Å². The van der Waals surface area contributed by atoms with E-state index in [2.05, 4.69) is 29.8 Å². The molecule has 1 aromatic heterocycles. The number of aryl methyl sites for hydroxylation is 1. The first-order chi connectivity index (χ1) is 11.1. The van der Waals surface area contributed by atoms with Crippen molar-refractivity contribution in [2.24, 2.45) is 5.92 Å². The van der Waals surface area contributed by atoms with E-state index in [1.54, 1.807) is 11.3 Å². The average Bonchev–Trinajstić information content (AvgIpc) is 2.95. The molecule has 0 aliphatic carbocycles. The highest BCUT2D eigenvalue weighted by atomic mass is 32.1. The minimum absolute atomic E-state index is 0.272. The average molecular weight is 331 g/mol. The van der Waals surface area contributed by atoms with Crippen molar-refractivity contribution in [2.45, 2.75) is 26.7 Å². The van der Waals surface area contributed by atoms with E-state index in [1.165, 1.54) is 4.70 Å². The van der Waals surface area contributed by atoms with Crippen LogP contribution in [0.1, 0.15) is 25.3 Å². The minimum Gasteiger partial charge on any atom is -0.340 e. The first-order valence-electron chi connectivity index (χ1n) is 8.46. The topological polar surface area (TPSA) is 36.4 Å². The number of aromatic nitrogens is 1. The molecule has 1 amide bonds. The second-order valence-electron chi connectivity index (χ2n) is 6.65. The molecule has 5 heteroatoms. The zero-order valence-corrected chi connectivity index (χ0v) is 14.8. The lowest BCUT2D eigenvalue weighted by atomic mass is 10.2. The van der Waals surface area contributed by atoms with E-state index >= 15 is 0 Å². The van der Waals surface area contributed by atoms with E-state index in [-0.39, 0.29) is 5.91 Å². The third kappa shape index (κ3) is 4.30. The van der Waals surface area contributed by atoms with Crippen molar-refractivity contribution in [3.63, 3.8) is 0 Å². The molecule has 0 radical (unpaired) electrons. The van der Waals surface area contributed by atoms with Gasteiger partial charge in [0.2, 0.25) is 5.91 Å². The molecule has 23 heavy (non-hydrogen) atoms. The van der Waals surface area contributed by atoms with Crippen LogP contribution in [0.5, 0.6) is 0 Å². The third-order valence-electron chi connectivity index (χ3n) is 4.24. The van der Waals surface area contributed by atoms with Crippen LogP contribution in [0.4, 0.5) is 0 Å². The number of amides is 1. The van der Waals surface area contributed by atoms with Crippen LogP contribution in [0.25, 0.3) is 10.2 Å². The van der Waals surface area contributed by atoms with Crippen LogP contribution in [-0.4, -0.2) is 53.4 Å². The molecule has 1 aliphatic rings. The number of hydrogen-bond donors (Lipinski definition) is 0. The second-order valence-corrected chi connectivity index (χ2v) is 7.77. The minimum atomic E-state index is 0.272. The van der Waals surface area contributed by atoms with Gasteiger partial charge in [-0.05, 0) is 18.1 Å². The molecular weight excluding hydrogens is 306 g/mol. The molecule has 124 valence electrons. The molecule has 1 saturated heterocycles. The maximum Gasteiger partial charge on any atom is 0.223 e. The smallest absolute Gasteiger partial charge is 0.223 e. The molecule has 0 N–H and O–H groups in total. The van der Waals surface area contributed by atoms with Gasteiger partial charge in [0.05, 0.1) is 15.2 Å². The van der Waals surface area contributed by atoms with Crippen molar-refractivity contribution in [1.82, 2.24) is 14.8 Å². The number of hydrogen-bond acceptors (Lipinski definition) is 4. The van der Waals surface area contributed by atoms with Crippen LogP contribution in [0, 0.1) is 5.92 Å². The van der Waals surface area contributed by atoms with Gasteiger partial charge < -0.3 is 4.90 Å². The molecule has 2 heterocycles. The Bertz CT molecular complexity index is 626. The lowest BCUT2D eigenvalue weighted by Gasteiger charge is -2.35. The fourth-order valence-corrected chi connectivity index (χ4v) is 4.06. The summed E-state index contributed by atoms with van der Waals surface area (Å²) in [6, 6.07) is 8.16. The summed E-state index contributed by atoms with van der Waals surface area (Å²) in [4.78, 5) is 21.5. The summed E-state index contributed by atoms with van der Waals surface area (Å²) in [6.07, 6.45) is 1.33. The number of para-hydroxylation sites is 1. The number of carbonyl (C=O) groups excluding carboxylic acids is 1.